The van der Waals surface area contributed by atoms with Crippen molar-refractivity contribution < 1.29 is 4.79 Å². The number of carbonyl (C=O) groups excluding carboxylic acids is 1. The zero-order valence-corrected chi connectivity index (χ0v) is 13.5. The van der Waals surface area contributed by atoms with Crippen molar-refractivity contribution in [3.63, 3.8) is 0 Å². The van der Waals surface area contributed by atoms with Gasteiger partial charge >= 0.3 is 0 Å². The minimum absolute atomic E-state index is 0.0180. The lowest BCUT2D eigenvalue weighted by molar-refractivity contribution is 0.0828. The molecule has 2 rings (SSSR count). The average molecular weight is 290 g/mol. The summed E-state index contributed by atoms with van der Waals surface area (Å²) in [7, 11) is 3.56. The molecule has 21 heavy (non-hydrogen) atoms. The van der Waals surface area contributed by atoms with Crippen molar-refractivity contribution in [2.75, 3.05) is 45.2 Å². The van der Waals surface area contributed by atoms with E-state index in [1.54, 1.807) is 25.2 Å². The fraction of sp³-hybridized carbons (Fsp3) is 0.625. The van der Waals surface area contributed by atoms with Crippen LogP contribution in [0.1, 0.15) is 30.6 Å². The first kappa shape index (κ1) is 15.8. The molecule has 116 valence electrons. The van der Waals surface area contributed by atoms with E-state index in [9.17, 15) is 4.79 Å². The Kier molecular flexibility index (Phi) is 5.17. The van der Waals surface area contributed by atoms with Gasteiger partial charge in [-0.1, -0.05) is 13.8 Å². The van der Waals surface area contributed by atoms with Crippen LogP contribution in [-0.2, 0) is 0 Å². The van der Waals surface area contributed by atoms with Crippen LogP contribution in [0.25, 0.3) is 0 Å². The second-order valence-corrected chi connectivity index (χ2v) is 5.68. The molecule has 1 atom stereocenters. The number of amides is 1. The maximum absolute atomic E-state index is 12.3. The van der Waals surface area contributed by atoms with Crippen molar-refractivity contribution in [3.05, 3.63) is 23.9 Å². The highest BCUT2D eigenvalue weighted by molar-refractivity contribution is 5.98. The Balaban J connectivity index is 2.19. The van der Waals surface area contributed by atoms with Crippen LogP contribution in [0.3, 0.4) is 0 Å². The normalized spacial score (nSPS) is 18.3. The van der Waals surface area contributed by atoms with Gasteiger partial charge in [0.2, 0.25) is 0 Å². The summed E-state index contributed by atoms with van der Waals surface area (Å²) in [6.45, 7) is 8.46. The zero-order valence-electron chi connectivity index (χ0n) is 13.5. The molecule has 0 spiro atoms. The van der Waals surface area contributed by atoms with Crippen molar-refractivity contribution in [2.24, 2.45) is 0 Å². The number of nitrogens with zero attached hydrogens (tertiary/aromatic N) is 4. The Bertz CT molecular complexity index is 485. The number of hydrogen-bond donors (Lipinski definition) is 0. The van der Waals surface area contributed by atoms with Gasteiger partial charge in [0, 0.05) is 39.4 Å². The highest BCUT2D eigenvalue weighted by Crippen LogP contribution is 2.25. The molecule has 1 unspecified atom stereocenters. The molecule has 1 fully saturated rings. The van der Waals surface area contributed by atoms with E-state index in [-0.39, 0.29) is 5.91 Å². The van der Waals surface area contributed by atoms with Crippen molar-refractivity contribution in [2.45, 2.75) is 26.3 Å². The van der Waals surface area contributed by atoms with Crippen LogP contribution in [0.2, 0.25) is 0 Å². The summed E-state index contributed by atoms with van der Waals surface area (Å²) in [5, 5.41) is 0. The molecule has 0 N–H and O–H groups in total. The predicted octanol–water partition coefficient (Wildman–Crippen LogP) is 1.70. The Morgan fingerprint density at radius 1 is 1.38 bits per heavy atom. The SMILES string of the molecule is CCN(CC)C1CCN(c2ncccc2C(=O)N(C)C)C1. The molecule has 5 heteroatoms. The lowest BCUT2D eigenvalue weighted by Crippen LogP contribution is -2.37. The van der Waals surface area contributed by atoms with E-state index < -0.39 is 0 Å². The summed E-state index contributed by atoms with van der Waals surface area (Å²) in [5.74, 6) is 0.843. The van der Waals surface area contributed by atoms with E-state index in [0.29, 0.717) is 11.6 Å². The summed E-state index contributed by atoms with van der Waals surface area (Å²) in [6.07, 6.45) is 2.90. The maximum atomic E-state index is 12.3. The quantitative estimate of drug-likeness (QED) is 0.827. The second kappa shape index (κ2) is 6.89. The van der Waals surface area contributed by atoms with Crippen molar-refractivity contribution in [3.8, 4) is 0 Å². The van der Waals surface area contributed by atoms with E-state index in [0.717, 1.165) is 38.4 Å². The van der Waals surface area contributed by atoms with Crippen LogP contribution in [0, 0.1) is 0 Å². The van der Waals surface area contributed by atoms with Crippen LogP contribution >= 0.6 is 0 Å². The highest BCUT2D eigenvalue weighted by atomic mass is 16.2. The van der Waals surface area contributed by atoms with Crippen LogP contribution in [-0.4, -0.2) is 67.0 Å². The molecule has 1 aromatic heterocycles. The number of anilines is 1. The molecule has 1 aromatic rings. The number of pyridine rings is 1. The number of hydrogen-bond acceptors (Lipinski definition) is 4. The number of likely N-dealkylation sites (N-methyl/N-ethyl adjacent to an activating group) is 1. The summed E-state index contributed by atoms with van der Waals surface area (Å²) in [5.41, 5.74) is 0.697. The van der Waals surface area contributed by atoms with Gasteiger partial charge < -0.3 is 9.80 Å². The molecule has 1 aliphatic heterocycles. The standard InChI is InChI=1S/C16H26N4O/c1-5-19(6-2)13-9-11-20(12-13)15-14(8-7-10-17-15)16(21)18(3)4/h7-8,10,13H,5-6,9,11-12H2,1-4H3. The molecular weight excluding hydrogens is 264 g/mol. The Morgan fingerprint density at radius 2 is 2.10 bits per heavy atom. The molecule has 1 saturated heterocycles. The Hall–Kier alpha value is -1.62. The topological polar surface area (TPSA) is 39.7 Å². The van der Waals surface area contributed by atoms with Crippen LogP contribution < -0.4 is 4.90 Å². The first-order valence-electron chi connectivity index (χ1n) is 7.74. The van der Waals surface area contributed by atoms with E-state index in [1.165, 1.54) is 0 Å². The van der Waals surface area contributed by atoms with E-state index in [2.05, 4.69) is 28.6 Å². The molecule has 0 saturated carbocycles. The van der Waals surface area contributed by atoms with Crippen molar-refractivity contribution >= 4 is 11.7 Å². The van der Waals surface area contributed by atoms with Crippen LogP contribution in [0.15, 0.2) is 18.3 Å². The summed E-state index contributed by atoms with van der Waals surface area (Å²) >= 11 is 0. The van der Waals surface area contributed by atoms with Gasteiger partial charge in [-0.3, -0.25) is 9.69 Å². The molecule has 1 amide bonds. The molecule has 0 aromatic carbocycles. The molecule has 5 nitrogen and oxygen atoms in total. The van der Waals surface area contributed by atoms with Gasteiger partial charge in [-0.15, -0.1) is 0 Å². The molecular formula is C16H26N4O. The largest absolute Gasteiger partial charge is 0.354 e. The van der Waals surface area contributed by atoms with Gasteiger partial charge in [0.25, 0.3) is 5.91 Å². The fourth-order valence-electron chi connectivity index (χ4n) is 3.03. The Labute approximate surface area is 127 Å². The molecule has 0 radical (unpaired) electrons. The Morgan fingerprint density at radius 3 is 2.71 bits per heavy atom. The van der Waals surface area contributed by atoms with Gasteiger partial charge in [0.05, 0.1) is 5.56 Å². The van der Waals surface area contributed by atoms with Gasteiger partial charge in [0.1, 0.15) is 5.82 Å². The minimum Gasteiger partial charge on any atom is -0.354 e. The predicted molar refractivity (Wildman–Crippen MR) is 85.8 cm³/mol. The monoisotopic (exact) mass is 290 g/mol. The molecule has 0 aliphatic carbocycles. The van der Waals surface area contributed by atoms with Crippen molar-refractivity contribution in [1.29, 1.82) is 0 Å². The third kappa shape index (κ3) is 3.35. The van der Waals surface area contributed by atoms with Crippen LogP contribution in [0.4, 0.5) is 5.82 Å². The smallest absolute Gasteiger partial charge is 0.257 e. The van der Waals surface area contributed by atoms with Gasteiger partial charge in [0.15, 0.2) is 0 Å². The lowest BCUT2D eigenvalue weighted by atomic mass is 10.2. The third-order valence-electron chi connectivity index (χ3n) is 4.21. The van der Waals surface area contributed by atoms with E-state index in [1.807, 2.05) is 12.1 Å². The van der Waals surface area contributed by atoms with E-state index >= 15 is 0 Å². The minimum atomic E-state index is 0.0180. The first-order valence-corrected chi connectivity index (χ1v) is 7.74. The number of aromatic nitrogens is 1. The first-order chi connectivity index (χ1) is 10.1. The van der Waals surface area contributed by atoms with Crippen molar-refractivity contribution in [1.82, 2.24) is 14.8 Å². The van der Waals surface area contributed by atoms with Gasteiger partial charge in [-0.25, -0.2) is 4.98 Å². The summed E-state index contributed by atoms with van der Waals surface area (Å²) < 4.78 is 0. The maximum Gasteiger partial charge on any atom is 0.257 e. The zero-order chi connectivity index (χ0) is 15.4. The fourth-order valence-corrected chi connectivity index (χ4v) is 3.03. The van der Waals surface area contributed by atoms with Gasteiger partial charge in [-0.2, -0.15) is 0 Å². The number of rotatable bonds is 5. The average Bonchev–Trinajstić information content (AvgIpc) is 2.97. The lowest BCUT2D eigenvalue weighted by Gasteiger charge is -2.27. The summed E-state index contributed by atoms with van der Waals surface area (Å²) in [4.78, 5) is 23.1. The molecule has 0 bridgehead atoms. The summed E-state index contributed by atoms with van der Waals surface area (Å²) in [6, 6.07) is 4.26. The van der Waals surface area contributed by atoms with E-state index in [4.69, 9.17) is 0 Å². The molecule has 2 heterocycles. The number of carbonyl (C=O) groups is 1. The van der Waals surface area contributed by atoms with Crippen LogP contribution in [0.5, 0.6) is 0 Å². The van der Waals surface area contributed by atoms with Gasteiger partial charge in [-0.05, 0) is 31.6 Å². The molecule has 1 aliphatic rings. The second-order valence-electron chi connectivity index (χ2n) is 5.68. The third-order valence-corrected chi connectivity index (χ3v) is 4.21. The highest BCUT2D eigenvalue weighted by Gasteiger charge is 2.29.